The third-order valence-electron chi connectivity index (χ3n) is 1.48. The van der Waals surface area contributed by atoms with Crippen LogP contribution in [0.4, 0.5) is 0 Å². The summed E-state index contributed by atoms with van der Waals surface area (Å²) in [6.07, 6.45) is 0. The first-order valence-corrected chi connectivity index (χ1v) is 6.24. The molecule has 0 saturated heterocycles. The highest BCUT2D eigenvalue weighted by atomic mass is 35.7. The average molecular weight is 224 g/mol. The van der Waals surface area contributed by atoms with Gasteiger partial charge in [-0.1, -0.05) is 19.0 Å². The highest BCUT2D eigenvalue weighted by Gasteiger charge is 2.13. The second-order valence-electron chi connectivity index (χ2n) is 3.06. The first-order valence-electron chi connectivity index (χ1n) is 3.76. The standard InChI is InChI=1S/C7H10ClNO3S/c1-5(2)7-3-6(12-9-7)4-13(8,10)11/h3,5H,4H2,1-2H3. The van der Waals surface area contributed by atoms with Gasteiger partial charge in [0, 0.05) is 16.7 Å². The van der Waals surface area contributed by atoms with E-state index in [4.69, 9.17) is 15.2 Å². The Morgan fingerprint density at radius 1 is 1.62 bits per heavy atom. The van der Waals surface area contributed by atoms with Gasteiger partial charge in [-0.2, -0.15) is 0 Å². The number of hydrogen-bond acceptors (Lipinski definition) is 4. The molecule has 0 aromatic carbocycles. The fourth-order valence-electron chi connectivity index (χ4n) is 0.839. The summed E-state index contributed by atoms with van der Waals surface area (Å²) in [6.45, 7) is 3.88. The third kappa shape index (κ3) is 3.36. The smallest absolute Gasteiger partial charge is 0.239 e. The zero-order valence-electron chi connectivity index (χ0n) is 7.32. The van der Waals surface area contributed by atoms with E-state index in [1.165, 1.54) is 0 Å². The average Bonchev–Trinajstić information content (AvgIpc) is 2.31. The largest absolute Gasteiger partial charge is 0.360 e. The van der Waals surface area contributed by atoms with Crippen LogP contribution < -0.4 is 0 Å². The molecule has 0 aliphatic heterocycles. The van der Waals surface area contributed by atoms with Crippen molar-refractivity contribution in [3.05, 3.63) is 17.5 Å². The molecule has 0 amide bonds. The lowest BCUT2D eigenvalue weighted by atomic mass is 10.1. The lowest BCUT2D eigenvalue weighted by Gasteiger charge is -1.93. The summed E-state index contributed by atoms with van der Waals surface area (Å²) in [6, 6.07) is 1.60. The molecule has 1 aromatic rings. The normalized spacial score (nSPS) is 12.3. The molecule has 74 valence electrons. The molecule has 0 aliphatic rings. The van der Waals surface area contributed by atoms with Gasteiger partial charge < -0.3 is 4.52 Å². The second kappa shape index (κ2) is 3.67. The summed E-state index contributed by atoms with van der Waals surface area (Å²) >= 11 is 0. The van der Waals surface area contributed by atoms with Crippen LogP contribution in [0.3, 0.4) is 0 Å². The molecule has 1 aromatic heterocycles. The molecular weight excluding hydrogens is 214 g/mol. The molecule has 0 unspecified atom stereocenters. The summed E-state index contributed by atoms with van der Waals surface area (Å²) in [5, 5.41) is 3.70. The van der Waals surface area contributed by atoms with Crippen molar-refractivity contribution in [2.45, 2.75) is 25.5 Å². The Morgan fingerprint density at radius 3 is 2.62 bits per heavy atom. The highest BCUT2D eigenvalue weighted by Crippen LogP contribution is 2.16. The van der Waals surface area contributed by atoms with Gasteiger partial charge in [0.1, 0.15) is 5.75 Å². The highest BCUT2D eigenvalue weighted by molar-refractivity contribution is 8.13. The monoisotopic (exact) mass is 223 g/mol. The van der Waals surface area contributed by atoms with Crippen molar-refractivity contribution < 1.29 is 12.9 Å². The van der Waals surface area contributed by atoms with Crippen molar-refractivity contribution in [2.24, 2.45) is 0 Å². The van der Waals surface area contributed by atoms with E-state index in [0.29, 0.717) is 0 Å². The van der Waals surface area contributed by atoms with Gasteiger partial charge in [-0.05, 0) is 5.92 Å². The maximum Gasteiger partial charge on any atom is 0.239 e. The zero-order chi connectivity index (χ0) is 10.1. The van der Waals surface area contributed by atoms with Crippen molar-refractivity contribution in [3.63, 3.8) is 0 Å². The fourth-order valence-corrected chi connectivity index (χ4v) is 1.64. The summed E-state index contributed by atoms with van der Waals surface area (Å²) in [5.74, 6) is 0.183. The van der Waals surface area contributed by atoms with Crippen LogP contribution in [-0.4, -0.2) is 13.6 Å². The molecule has 0 radical (unpaired) electrons. The van der Waals surface area contributed by atoms with E-state index < -0.39 is 9.05 Å². The van der Waals surface area contributed by atoms with Crippen LogP contribution in [-0.2, 0) is 14.8 Å². The van der Waals surface area contributed by atoms with E-state index >= 15 is 0 Å². The van der Waals surface area contributed by atoms with Crippen molar-refractivity contribution in [1.82, 2.24) is 5.16 Å². The number of nitrogens with zero attached hydrogens (tertiary/aromatic N) is 1. The lowest BCUT2D eigenvalue weighted by molar-refractivity contribution is 0.384. The maximum atomic E-state index is 10.7. The number of rotatable bonds is 3. The molecular formula is C7H10ClNO3S. The van der Waals surface area contributed by atoms with Crippen molar-refractivity contribution in [3.8, 4) is 0 Å². The first kappa shape index (κ1) is 10.5. The quantitative estimate of drug-likeness (QED) is 0.734. The van der Waals surface area contributed by atoms with Gasteiger partial charge in [-0.25, -0.2) is 8.42 Å². The molecule has 0 bridgehead atoms. The molecule has 0 atom stereocenters. The maximum absolute atomic E-state index is 10.7. The van der Waals surface area contributed by atoms with E-state index in [0.717, 1.165) is 5.69 Å². The number of halogens is 1. The van der Waals surface area contributed by atoms with E-state index in [-0.39, 0.29) is 17.4 Å². The van der Waals surface area contributed by atoms with Gasteiger partial charge in [0.15, 0.2) is 5.76 Å². The topological polar surface area (TPSA) is 60.2 Å². The molecule has 0 N–H and O–H groups in total. The van der Waals surface area contributed by atoms with Gasteiger partial charge in [0.05, 0.1) is 5.69 Å². The molecule has 4 nitrogen and oxygen atoms in total. The zero-order valence-corrected chi connectivity index (χ0v) is 8.89. The molecule has 1 heterocycles. The Hall–Kier alpha value is -0.550. The minimum absolute atomic E-state index is 0.218. The van der Waals surface area contributed by atoms with Gasteiger partial charge in [-0.15, -0.1) is 0 Å². The summed E-state index contributed by atoms with van der Waals surface area (Å²) in [5.41, 5.74) is 0.732. The minimum atomic E-state index is -3.55. The Bertz CT molecular complexity index is 382. The van der Waals surface area contributed by atoms with Crippen molar-refractivity contribution >= 4 is 19.7 Å². The molecule has 6 heteroatoms. The minimum Gasteiger partial charge on any atom is -0.360 e. The van der Waals surface area contributed by atoms with Gasteiger partial charge in [0.2, 0.25) is 9.05 Å². The number of hydrogen-bond donors (Lipinski definition) is 0. The Balaban J connectivity index is 2.81. The second-order valence-corrected chi connectivity index (χ2v) is 5.83. The van der Waals surface area contributed by atoms with Gasteiger partial charge >= 0.3 is 0 Å². The van der Waals surface area contributed by atoms with Crippen molar-refractivity contribution in [2.75, 3.05) is 0 Å². The molecule has 13 heavy (non-hydrogen) atoms. The molecule has 0 saturated carbocycles. The van der Waals surface area contributed by atoms with E-state index in [2.05, 4.69) is 5.16 Å². The van der Waals surface area contributed by atoms with E-state index in [1.54, 1.807) is 6.07 Å². The summed E-state index contributed by atoms with van der Waals surface area (Å²) in [7, 11) is 1.49. The van der Waals surface area contributed by atoms with Gasteiger partial charge in [0.25, 0.3) is 0 Å². The molecule has 1 rings (SSSR count). The van der Waals surface area contributed by atoms with E-state index in [1.807, 2.05) is 13.8 Å². The van der Waals surface area contributed by atoms with Crippen LogP contribution >= 0.6 is 10.7 Å². The predicted octanol–water partition coefficient (Wildman–Crippen LogP) is 1.87. The Kier molecular flexibility index (Phi) is 2.98. The molecule has 0 aliphatic carbocycles. The van der Waals surface area contributed by atoms with E-state index in [9.17, 15) is 8.42 Å². The van der Waals surface area contributed by atoms with Crippen LogP contribution in [0.5, 0.6) is 0 Å². The third-order valence-corrected chi connectivity index (χ3v) is 2.44. The van der Waals surface area contributed by atoms with Crippen LogP contribution in [0.1, 0.15) is 31.2 Å². The predicted molar refractivity (Wildman–Crippen MR) is 49.1 cm³/mol. The summed E-state index contributed by atoms with van der Waals surface area (Å²) < 4.78 is 26.1. The van der Waals surface area contributed by atoms with Gasteiger partial charge in [-0.3, -0.25) is 0 Å². The molecule has 0 spiro atoms. The van der Waals surface area contributed by atoms with Crippen LogP contribution in [0.25, 0.3) is 0 Å². The lowest BCUT2D eigenvalue weighted by Crippen LogP contribution is -1.92. The van der Waals surface area contributed by atoms with Crippen LogP contribution in [0, 0.1) is 0 Å². The number of aromatic nitrogens is 1. The van der Waals surface area contributed by atoms with Crippen LogP contribution in [0.15, 0.2) is 10.6 Å². The Morgan fingerprint density at radius 2 is 2.23 bits per heavy atom. The van der Waals surface area contributed by atoms with Crippen molar-refractivity contribution in [1.29, 1.82) is 0 Å². The fraction of sp³-hybridized carbons (Fsp3) is 0.571. The SMILES string of the molecule is CC(C)c1cc(CS(=O)(=O)Cl)on1. The summed E-state index contributed by atoms with van der Waals surface area (Å²) in [4.78, 5) is 0. The van der Waals surface area contributed by atoms with Crippen LogP contribution in [0.2, 0.25) is 0 Å². The first-order chi connectivity index (χ1) is 5.88. The molecule has 0 fully saturated rings. The Labute approximate surface area is 81.3 Å².